The molecule has 7 heteroatoms. The van der Waals surface area contributed by atoms with Gasteiger partial charge in [-0.15, -0.1) is 0 Å². The van der Waals surface area contributed by atoms with Gasteiger partial charge < -0.3 is 14.2 Å². The average molecular weight is 379 g/mol. The van der Waals surface area contributed by atoms with Crippen molar-refractivity contribution >= 4 is 10.0 Å². The van der Waals surface area contributed by atoms with Crippen molar-refractivity contribution in [2.45, 2.75) is 31.2 Å². The van der Waals surface area contributed by atoms with E-state index in [1.54, 1.807) is 13.2 Å². The standard InChI is InChI=1S/C19H25NO5S/c1-6-16(14-7-9-17(23-3)13(2)11-14)20-26(21,22)15-8-10-18(24-4)19(12-15)25-5/h7-12,16,20H,6H2,1-5H3. The number of aryl methyl sites for hydroxylation is 1. The van der Waals surface area contributed by atoms with Gasteiger partial charge in [0.15, 0.2) is 11.5 Å². The highest BCUT2D eigenvalue weighted by molar-refractivity contribution is 7.89. The number of methoxy groups -OCH3 is 3. The summed E-state index contributed by atoms with van der Waals surface area (Å²) in [5.41, 5.74) is 1.84. The molecule has 0 aliphatic heterocycles. The van der Waals surface area contributed by atoms with Gasteiger partial charge in [0.2, 0.25) is 10.0 Å². The van der Waals surface area contributed by atoms with E-state index in [2.05, 4.69) is 4.72 Å². The number of hydrogen-bond acceptors (Lipinski definition) is 5. The Hall–Kier alpha value is -2.25. The molecule has 0 radical (unpaired) electrons. The van der Waals surface area contributed by atoms with Crippen LogP contribution in [0.15, 0.2) is 41.3 Å². The van der Waals surface area contributed by atoms with E-state index in [4.69, 9.17) is 14.2 Å². The molecular formula is C19H25NO5S. The molecule has 1 atom stereocenters. The zero-order valence-corrected chi connectivity index (χ0v) is 16.5. The maximum absolute atomic E-state index is 12.8. The molecule has 26 heavy (non-hydrogen) atoms. The van der Waals surface area contributed by atoms with Crippen LogP contribution in [0.4, 0.5) is 0 Å². The summed E-state index contributed by atoms with van der Waals surface area (Å²) in [7, 11) is 0.860. The Labute approximate surface area is 155 Å². The third kappa shape index (κ3) is 4.28. The summed E-state index contributed by atoms with van der Waals surface area (Å²) in [6.45, 7) is 3.86. The number of ether oxygens (including phenoxy) is 3. The fourth-order valence-electron chi connectivity index (χ4n) is 2.74. The van der Waals surface area contributed by atoms with Crippen molar-refractivity contribution in [2.24, 2.45) is 0 Å². The highest BCUT2D eigenvalue weighted by Gasteiger charge is 2.22. The van der Waals surface area contributed by atoms with Crippen molar-refractivity contribution in [2.75, 3.05) is 21.3 Å². The van der Waals surface area contributed by atoms with Crippen LogP contribution >= 0.6 is 0 Å². The molecule has 2 aromatic rings. The second kappa shape index (κ2) is 8.42. The van der Waals surface area contributed by atoms with Crippen molar-refractivity contribution in [3.8, 4) is 17.2 Å². The molecule has 0 aromatic heterocycles. The SMILES string of the molecule is CCC(NS(=O)(=O)c1ccc(OC)c(OC)c1)c1ccc(OC)c(C)c1. The van der Waals surface area contributed by atoms with Gasteiger partial charge in [0, 0.05) is 12.1 Å². The monoisotopic (exact) mass is 379 g/mol. The van der Waals surface area contributed by atoms with E-state index in [0.29, 0.717) is 17.9 Å². The van der Waals surface area contributed by atoms with Crippen LogP contribution < -0.4 is 18.9 Å². The van der Waals surface area contributed by atoms with E-state index < -0.39 is 10.0 Å². The van der Waals surface area contributed by atoms with Gasteiger partial charge in [0.1, 0.15) is 5.75 Å². The maximum Gasteiger partial charge on any atom is 0.241 e. The summed E-state index contributed by atoms with van der Waals surface area (Å²) in [4.78, 5) is 0.124. The predicted molar refractivity (Wildman–Crippen MR) is 101 cm³/mol. The lowest BCUT2D eigenvalue weighted by Gasteiger charge is -2.19. The van der Waals surface area contributed by atoms with Crippen LogP contribution in [0.2, 0.25) is 0 Å². The molecule has 0 aliphatic rings. The minimum atomic E-state index is -3.72. The van der Waals surface area contributed by atoms with Crippen LogP contribution in [0, 0.1) is 6.92 Å². The lowest BCUT2D eigenvalue weighted by Crippen LogP contribution is -2.28. The van der Waals surface area contributed by atoms with Crippen LogP contribution in [0.5, 0.6) is 17.2 Å². The minimum absolute atomic E-state index is 0.124. The van der Waals surface area contributed by atoms with Crippen LogP contribution in [-0.4, -0.2) is 29.7 Å². The lowest BCUT2D eigenvalue weighted by molar-refractivity contribution is 0.354. The third-order valence-corrected chi connectivity index (χ3v) is 5.66. The van der Waals surface area contributed by atoms with Gasteiger partial charge in [-0.25, -0.2) is 13.1 Å². The number of rotatable bonds is 8. The zero-order valence-electron chi connectivity index (χ0n) is 15.7. The van der Waals surface area contributed by atoms with E-state index in [1.807, 2.05) is 32.0 Å². The van der Waals surface area contributed by atoms with E-state index in [0.717, 1.165) is 16.9 Å². The van der Waals surface area contributed by atoms with Crippen LogP contribution in [0.25, 0.3) is 0 Å². The van der Waals surface area contributed by atoms with Gasteiger partial charge >= 0.3 is 0 Å². The molecule has 1 N–H and O–H groups in total. The fourth-order valence-corrected chi connectivity index (χ4v) is 4.07. The molecule has 0 spiro atoms. The van der Waals surface area contributed by atoms with Crippen molar-refractivity contribution in [1.82, 2.24) is 4.72 Å². The summed E-state index contributed by atoms with van der Waals surface area (Å²) in [5.74, 6) is 1.61. The molecular weight excluding hydrogens is 354 g/mol. The second-order valence-corrected chi connectivity index (χ2v) is 7.54. The van der Waals surface area contributed by atoms with Crippen LogP contribution in [0.3, 0.4) is 0 Å². The normalized spacial score (nSPS) is 12.5. The molecule has 0 saturated carbocycles. The number of nitrogens with one attached hydrogen (secondary N) is 1. The lowest BCUT2D eigenvalue weighted by atomic mass is 10.0. The zero-order chi connectivity index (χ0) is 19.3. The Bertz CT molecular complexity index is 864. The molecule has 0 aliphatic carbocycles. The average Bonchev–Trinajstić information content (AvgIpc) is 2.65. The molecule has 142 valence electrons. The minimum Gasteiger partial charge on any atom is -0.496 e. The van der Waals surface area contributed by atoms with E-state index >= 15 is 0 Å². The van der Waals surface area contributed by atoms with Gasteiger partial charge in [-0.2, -0.15) is 0 Å². The molecule has 0 heterocycles. The fraction of sp³-hybridized carbons (Fsp3) is 0.368. The Balaban J connectivity index is 2.33. The molecule has 6 nitrogen and oxygen atoms in total. The van der Waals surface area contributed by atoms with Crippen molar-refractivity contribution in [1.29, 1.82) is 0 Å². The second-order valence-electron chi connectivity index (χ2n) is 5.83. The highest BCUT2D eigenvalue weighted by atomic mass is 32.2. The van der Waals surface area contributed by atoms with Crippen LogP contribution in [0.1, 0.15) is 30.5 Å². The Morgan fingerprint density at radius 1 is 0.923 bits per heavy atom. The van der Waals surface area contributed by atoms with Crippen LogP contribution in [-0.2, 0) is 10.0 Å². The van der Waals surface area contributed by atoms with E-state index in [1.165, 1.54) is 26.4 Å². The van der Waals surface area contributed by atoms with Gasteiger partial charge in [-0.3, -0.25) is 0 Å². The van der Waals surface area contributed by atoms with E-state index in [-0.39, 0.29) is 10.9 Å². The molecule has 0 bridgehead atoms. The third-order valence-electron chi connectivity index (χ3n) is 4.19. The molecule has 0 fully saturated rings. The van der Waals surface area contributed by atoms with E-state index in [9.17, 15) is 8.42 Å². The first-order chi connectivity index (χ1) is 12.4. The molecule has 0 saturated heterocycles. The summed E-state index contributed by atoms with van der Waals surface area (Å²) in [6.07, 6.45) is 0.609. The first kappa shape index (κ1) is 20.1. The highest BCUT2D eigenvalue weighted by Crippen LogP contribution is 2.31. The largest absolute Gasteiger partial charge is 0.496 e. The molecule has 2 aromatic carbocycles. The quantitative estimate of drug-likeness (QED) is 0.760. The molecule has 2 rings (SSSR count). The number of sulfonamides is 1. The summed E-state index contributed by atoms with van der Waals surface area (Å²) in [6, 6.07) is 9.83. The molecule has 1 unspecified atom stereocenters. The van der Waals surface area contributed by atoms with Gasteiger partial charge in [-0.05, 0) is 42.7 Å². The number of benzene rings is 2. The maximum atomic E-state index is 12.8. The van der Waals surface area contributed by atoms with Gasteiger partial charge in [-0.1, -0.05) is 19.1 Å². The van der Waals surface area contributed by atoms with Crippen molar-refractivity contribution in [3.63, 3.8) is 0 Å². The summed E-state index contributed by atoms with van der Waals surface area (Å²) in [5, 5.41) is 0. The van der Waals surface area contributed by atoms with Gasteiger partial charge in [0.25, 0.3) is 0 Å². The summed E-state index contributed by atoms with van der Waals surface area (Å²) >= 11 is 0. The summed E-state index contributed by atoms with van der Waals surface area (Å²) < 4.78 is 44.0. The predicted octanol–water partition coefficient (Wildman–Crippen LogP) is 3.45. The smallest absolute Gasteiger partial charge is 0.241 e. The topological polar surface area (TPSA) is 73.9 Å². The Morgan fingerprint density at radius 2 is 1.54 bits per heavy atom. The van der Waals surface area contributed by atoms with Gasteiger partial charge in [0.05, 0.1) is 26.2 Å². The van der Waals surface area contributed by atoms with Crippen molar-refractivity contribution < 1.29 is 22.6 Å². The Morgan fingerprint density at radius 3 is 2.08 bits per heavy atom. The molecule has 0 amide bonds. The number of hydrogen-bond donors (Lipinski definition) is 1. The van der Waals surface area contributed by atoms with Crippen molar-refractivity contribution in [3.05, 3.63) is 47.5 Å². The Kier molecular flexibility index (Phi) is 6.50. The first-order valence-electron chi connectivity index (χ1n) is 8.25. The first-order valence-corrected chi connectivity index (χ1v) is 9.73.